The molecular weight excluding hydrogens is 260 g/mol. The highest BCUT2D eigenvalue weighted by molar-refractivity contribution is 6.04. The summed E-state index contributed by atoms with van der Waals surface area (Å²) in [5.41, 5.74) is 1.12. The minimum Gasteiger partial charge on any atom is -0.278 e. The molecule has 0 unspecified atom stereocenters. The van der Waals surface area contributed by atoms with Crippen LogP contribution in [-0.4, -0.2) is 21.6 Å². The molecule has 1 saturated heterocycles. The molecule has 1 aliphatic heterocycles. The fourth-order valence-electron chi connectivity index (χ4n) is 2.39. The molecule has 0 aromatic heterocycles. The normalized spacial score (nSPS) is 22.4. The van der Waals surface area contributed by atoms with E-state index in [9.17, 15) is 19.7 Å². The quantitative estimate of drug-likeness (QED) is 0.480. The highest BCUT2D eigenvalue weighted by atomic mass is 16.6. The minimum atomic E-state index is -0.461. The average Bonchev–Trinajstić information content (AvgIpc) is 2.58. The molecule has 2 atom stereocenters. The molecule has 2 rings (SSSR count). The second-order valence-electron chi connectivity index (χ2n) is 5.16. The first kappa shape index (κ1) is 14.2. The van der Waals surface area contributed by atoms with Crippen LogP contribution in [0.4, 0.5) is 5.69 Å². The first-order valence-corrected chi connectivity index (χ1v) is 6.42. The molecule has 1 aliphatic rings. The van der Waals surface area contributed by atoms with Crippen LogP contribution in [0.5, 0.6) is 0 Å². The average molecular weight is 276 g/mol. The Balaban J connectivity index is 2.32. The molecule has 1 fully saturated rings. The summed E-state index contributed by atoms with van der Waals surface area (Å²) < 4.78 is 0. The number of likely N-dealkylation sites (tertiary alicyclic amines) is 1. The highest BCUT2D eigenvalue weighted by Gasteiger charge is 2.42. The third kappa shape index (κ3) is 2.17. The van der Waals surface area contributed by atoms with Gasteiger partial charge in [-0.3, -0.25) is 24.6 Å². The fourth-order valence-corrected chi connectivity index (χ4v) is 2.39. The summed E-state index contributed by atoms with van der Waals surface area (Å²) in [7, 11) is 0. The largest absolute Gasteiger partial charge is 0.278 e. The molecule has 1 aromatic carbocycles. The van der Waals surface area contributed by atoms with E-state index in [-0.39, 0.29) is 35.9 Å². The molecule has 0 N–H and O–H groups in total. The maximum atomic E-state index is 12.0. The van der Waals surface area contributed by atoms with Crippen LogP contribution in [0.3, 0.4) is 0 Å². The van der Waals surface area contributed by atoms with Gasteiger partial charge in [0.2, 0.25) is 11.8 Å². The third-order valence-electron chi connectivity index (χ3n) is 4.00. The van der Waals surface area contributed by atoms with E-state index in [1.807, 2.05) is 0 Å². The number of hydrogen-bond donors (Lipinski definition) is 0. The van der Waals surface area contributed by atoms with E-state index in [1.54, 1.807) is 32.9 Å². The maximum absolute atomic E-state index is 12.0. The van der Waals surface area contributed by atoms with Gasteiger partial charge in [0, 0.05) is 23.5 Å². The van der Waals surface area contributed by atoms with Crippen LogP contribution in [-0.2, 0) is 16.1 Å². The van der Waals surface area contributed by atoms with Crippen molar-refractivity contribution in [2.75, 3.05) is 0 Å². The van der Waals surface area contributed by atoms with Crippen molar-refractivity contribution in [2.45, 2.75) is 27.3 Å². The number of rotatable bonds is 3. The lowest BCUT2D eigenvalue weighted by atomic mass is 10.00. The number of benzene rings is 1. The van der Waals surface area contributed by atoms with Gasteiger partial charge in [-0.1, -0.05) is 26.0 Å². The van der Waals surface area contributed by atoms with E-state index in [1.165, 1.54) is 11.0 Å². The molecule has 0 spiro atoms. The number of nitrogens with zero attached hydrogens (tertiary/aromatic N) is 2. The first-order valence-electron chi connectivity index (χ1n) is 6.42. The van der Waals surface area contributed by atoms with E-state index in [0.29, 0.717) is 11.1 Å². The van der Waals surface area contributed by atoms with Crippen molar-refractivity contribution < 1.29 is 14.5 Å². The predicted molar refractivity (Wildman–Crippen MR) is 71.7 cm³/mol. The molecule has 106 valence electrons. The van der Waals surface area contributed by atoms with Crippen LogP contribution < -0.4 is 0 Å². The standard InChI is InChI=1S/C14H16N2O4/c1-8-9(2)14(18)15(13(8)17)7-11-5-4-6-12(10(11)3)16(19)20/h4-6,8-9H,7H2,1-3H3/t8-,9+. The van der Waals surface area contributed by atoms with Gasteiger partial charge in [-0.25, -0.2) is 0 Å². The van der Waals surface area contributed by atoms with Crippen LogP contribution in [0.15, 0.2) is 18.2 Å². The van der Waals surface area contributed by atoms with E-state index in [0.717, 1.165) is 0 Å². The highest BCUT2D eigenvalue weighted by Crippen LogP contribution is 2.29. The Kier molecular flexibility index (Phi) is 3.57. The Morgan fingerprint density at radius 3 is 2.25 bits per heavy atom. The molecule has 2 amide bonds. The van der Waals surface area contributed by atoms with Gasteiger partial charge in [0.05, 0.1) is 11.5 Å². The number of carbonyl (C=O) groups excluding carboxylic acids is 2. The SMILES string of the molecule is Cc1c(CN2C(=O)[C@@H](C)[C@@H](C)C2=O)cccc1[N+](=O)[O-]. The Bertz CT molecular complexity index is 577. The van der Waals surface area contributed by atoms with Crippen molar-refractivity contribution in [1.29, 1.82) is 0 Å². The summed E-state index contributed by atoms with van der Waals surface area (Å²) in [6.07, 6.45) is 0. The van der Waals surface area contributed by atoms with Gasteiger partial charge in [-0.05, 0) is 12.5 Å². The van der Waals surface area contributed by atoms with Crippen molar-refractivity contribution in [2.24, 2.45) is 11.8 Å². The summed E-state index contributed by atoms with van der Waals surface area (Å²) in [6.45, 7) is 5.18. The molecular formula is C14H16N2O4. The van der Waals surface area contributed by atoms with Crippen LogP contribution in [0.2, 0.25) is 0 Å². The zero-order valence-corrected chi connectivity index (χ0v) is 11.6. The molecule has 20 heavy (non-hydrogen) atoms. The van der Waals surface area contributed by atoms with Crippen LogP contribution in [0, 0.1) is 28.9 Å². The summed E-state index contributed by atoms with van der Waals surface area (Å²) in [5, 5.41) is 10.9. The third-order valence-corrected chi connectivity index (χ3v) is 4.00. The number of nitro groups is 1. The molecule has 6 heteroatoms. The van der Waals surface area contributed by atoms with E-state index < -0.39 is 4.92 Å². The Morgan fingerprint density at radius 2 is 1.75 bits per heavy atom. The topological polar surface area (TPSA) is 80.5 Å². The summed E-state index contributed by atoms with van der Waals surface area (Å²) in [4.78, 5) is 35.7. The second-order valence-corrected chi connectivity index (χ2v) is 5.16. The van der Waals surface area contributed by atoms with Crippen LogP contribution >= 0.6 is 0 Å². The van der Waals surface area contributed by atoms with Crippen LogP contribution in [0.1, 0.15) is 25.0 Å². The minimum absolute atomic E-state index is 0.00249. The van der Waals surface area contributed by atoms with Gasteiger partial charge in [0.15, 0.2) is 0 Å². The maximum Gasteiger partial charge on any atom is 0.272 e. The lowest BCUT2D eigenvalue weighted by Gasteiger charge is -2.16. The number of nitro benzene ring substituents is 1. The van der Waals surface area contributed by atoms with Crippen molar-refractivity contribution in [1.82, 2.24) is 4.90 Å². The predicted octanol–water partition coefficient (Wildman–Crippen LogP) is 2.04. The van der Waals surface area contributed by atoms with Crippen LogP contribution in [0.25, 0.3) is 0 Å². The lowest BCUT2D eigenvalue weighted by molar-refractivity contribution is -0.385. The zero-order valence-electron chi connectivity index (χ0n) is 11.6. The molecule has 0 radical (unpaired) electrons. The molecule has 0 saturated carbocycles. The summed E-state index contributed by atoms with van der Waals surface area (Å²) in [6, 6.07) is 4.69. The van der Waals surface area contributed by atoms with Gasteiger partial charge in [0.25, 0.3) is 5.69 Å². The van der Waals surface area contributed by atoms with E-state index in [2.05, 4.69) is 0 Å². The number of imide groups is 1. The Hall–Kier alpha value is -2.24. The molecule has 1 aromatic rings. The second kappa shape index (κ2) is 5.03. The smallest absolute Gasteiger partial charge is 0.272 e. The molecule has 6 nitrogen and oxygen atoms in total. The zero-order chi connectivity index (χ0) is 15.0. The first-order chi connectivity index (χ1) is 9.34. The number of hydrogen-bond acceptors (Lipinski definition) is 4. The van der Waals surface area contributed by atoms with Crippen molar-refractivity contribution in [3.8, 4) is 0 Å². The number of carbonyl (C=O) groups is 2. The van der Waals surface area contributed by atoms with Gasteiger partial charge in [-0.15, -0.1) is 0 Å². The molecule has 1 heterocycles. The van der Waals surface area contributed by atoms with E-state index in [4.69, 9.17) is 0 Å². The van der Waals surface area contributed by atoms with Crippen molar-refractivity contribution in [3.63, 3.8) is 0 Å². The van der Waals surface area contributed by atoms with Gasteiger partial charge < -0.3 is 0 Å². The van der Waals surface area contributed by atoms with Gasteiger partial charge in [-0.2, -0.15) is 0 Å². The number of amides is 2. The molecule has 0 aliphatic carbocycles. The van der Waals surface area contributed by atoms with Gasteiger partial charge in [0.1, 0.15) is 0 Å². The summed E-state index contributed by atoms with van der Waals surface area (Å²) >= 11 is 0. The Labute approximate surface area is 116 Å². The Morgan fingerprint density at radius 1 is 1.20 bits per heavy atom. The fraction of sp³-hybridized carbons (Fsp3) is 0.429. The molecule has 0 bridgehead atoms. The van der Waals surface area contributed by atoms with Gasteiger partial charge >= 0.3 is 0 Å². The summed E-state index contributed by atoms with van der Waals surface area (Å²) in [5.74, 6) is -1.09. The van der Waals surface area contributed by atoms with E-state index >= 15 is 0 Å². The van der Waals surface area contributed by atoms with Crippen molar-refractivity contribution >= 4 is 17.5 Å². The monoisotopic (exact) mass is 276 g/mol. The lowest BCUT2D eigenvalue weighted by Crippen LogP contribution is -2.30. The van der Waals surface area contributed by atoms with Crippen molar-refractivity contribution in [3.05, 3.63) is 39.4 Å².